The van der Waals surface area contributed by atoms with Gasteiger partial charge in [0.05, 0.1) is 6.42 Å². The summed E-state index contributed by atoms with van der Waals surface area (Å²) in [5.41, 5.74) is 0. The molecule has 0 aliphatic carbocycles. The van der Waals surface area contributed by atoms with Crippen LogP contribution in [0.15, 0.2) is 0 Å². The molecule has 19 heavy (non-hydrogen) atoms. The van der Waals surface area contributed by atoms with Crippen LogP contribution in [-0.4, -0.2) is 59.5 Å². The zero-order chi connectivity index (χ0) is 14.7. The van der Waals surface area contributed by atoms with E-state index in [1.807, 2.05) is 6.92 Å². The zero-order valence-corrected chi connectivity index (χ0v) is 12.5. The van der Waals surface area contributed by atoms with Crippen molar-refractivity contribution in [3.05, 3.63) is 0 Å². The first-order valence-electron chi connectivity index (χ1n) is 7.27. The van der Waals surface area contributed by atoms with Crippen LogP contribution >= 0.6 is 0 Å². The smallest absolute Gasteiger partial charge is 0.305 e. The summed E-state index contributed by atoms with van der Waals surface area (Å²) >= 11 is 0. The highest BCUT2D eigenvalue weighted by atomic mass is 16.4. The predicted octanol–water partition coefficient (Wildman–Crippen LogP) is 1.82. The number of hydrogen-bond donors (Lipinski definition) is 1. The molecular formula is C14H28N2O3. The third kappa shape index (κ3) is 8.59. The molecule has 0 unspecified atom stereocenters. The monoisotopic (exact) mass is 272 g/mol. The Morgan fingerprint density at radius 3 is 2.05 bits per heavy atom. The summed E-state index contributed by atoms with van der Waals surface area (Å²) in [4.78, 5) is 26.5. The van der Waals surface area contributed by atoms with Crippen molar-refractivity contribution in [2.75, 3.05) is 32.7 Å². The minimum atomic E-state index is -0.849. The fourth-order valence-corrected chi connectivity index (χ4v) is 1.99. The Balaban J connectivity index is 4.17. The van der Waals surface area contributed by atoms with E-state index in [0.717, 1.165) is 32.5 Å². The van der Waals surface area contributed by atoms with E-state index in [1.165, 1.54) is 0 Å². The molecule has 0 rings (SSSR count). The largest absolute Gasteiger partial charge is 0.481 e. The molecule has 1 N–H and O–H groups in total. The average molecular weight is 272 g/mol. The van der Waals surface area contributed by atoms with Crippen LogP contribution in [0.4, 0.5) is 0 Å². The average Bonchev–Trinajstić information content (AvgIpc) is 2.38. The molecule has 0 saturated heterocycles. The Morgan fingerprint density at radius 1 is 0.947 bits per heavy atom. The molecule has 0 heterocycles. The van der Waals surface area contributed by atoms with Gasteiger partial charge in [-0.3, -0.25) is 9.59 Å². The van der Waals surface area contributed by atoms with E-state index in [0.29, 0.717) is 19.5 Å². The summed E-state index contributed by atoms with van der Waals surface area (Å²) in [7, 11) is 0. The van der Waals surface area contributed by atoms with E-state index >= 15 is 0 Å². The Kier molecular flexibility index (Phi) is 10.2. The minimum Gasteiger partial charge on any atom is -0.481 e. The van der Waals surface area contributed by atoms with E-state index in [-0.39, 0.29) is 12.3 Å². The molecule has 0 radical (unpaired) electrons. The van der Waals surface area contributed by atoms with Crippen LogP contribution in [0.3, 0.4) is 0 Å². The number of amides is 1. The summed E-state index contributed by atoms with van der Waals surface area (Å²) in [5, 5.41) is 8.72. The van der Waals surface area contributed by atoms with Crippen molar-refractivity contribution in [1.29, 1.82) is 0 Å². The second-order valence-electron chi connectivity index (χ2n) is 4.65. The highest BCUT2D eigenvalue weighted by Crippen LogP contribution is 2.02. The molecule has 0 atom stereocenters. The van der Waals surface area contributed by atoms with Crippen LogP contribution < -0.4 is 0 Å². The Bertz CT molecular complexity index is 265. The maximum atomic E-state index is 11.9. The van der Waals surface area contributed by atoms with Gasteiger partial charge in [-0.25, -0.2) is 0 Å². The van der Waals surface area contributed by atoms with Crippen molar-refractivity contribution in [2.45, 2.75) is 46.5 Å². The number of carbonyl (C=O) groups is 2. The number of aliphatic carboxylic acids is 1. The summed E-state index contributed by atoms with van der Waals surface area (Å²) < 4.78 is 0. The summed E-state index contributed by atoms with van der Waals surface area (Å²) in [6.07, 6.45) is 2.24. The minimum absolute atomic E-state index is 0.0285. The third-order valence-electron chi connectivity index (χ3n) is 3.21. The molecule has 0 fully saturated rings. The van der Waals surface area contributed by atoms with E-state index in [4.69, 9.17) is 5.11 Å². The molecule has 0 aromatic heterocycles. The lowest BCUT2D eigenvalue weighted by Gasteiger charge is -2.24. The van der Waals surface area contributed by atoms with Crippen molar-refractivity contribution in [3.8, 4) is 0 Å². The van der Waals surface area contributed by atoms with Gasteiger partial charge in [0.15, 0.2) is 0 Å². The molecule has 0 saturated carbocycles. The topological polar surface area (TPSA) is 60.9 Å². The van der Waals surface area contributed by atoms with Gasteiger partial charge in [0, 0.05) is 19.5 Å². The molecule has 0 spiro atoms. The standard InChI is InChI=1S/C14H28N2O3/c1-4-8-13(17)16(12-9-14(18)19)11-7-10-15(5-2)6-3/h4-12H2,1-3H3,(H,18,19). The third-order valence-corrected chi connectivity index (χ3v) is 3.21. The number of nitrogens with zero attached hydrogens (tertiary/aromatic N) is 2. The molecule has 0 aromatic carbocycles. The van der Waals surface area contributed by atoms with Crippen LogP contribution in [0, 0.1) is 0 Å². The van der Waals surface area contributed by atoms with Crippen LogP contribution in [0.5, 0.6) is 0 Å². The van der Waals surface area contributed by atoms with Gasteiger partial charge in [0.2, 0.25) is 5.91 Å². The van der Waals surface area contributed by atoms with Crippen LogP contribution in [-0.2, 0) is 9.59 Å². The summed E-state index contributed by atoms with van der Waals surface area (Å²) in [6.45, 7) is 10.2. The van der Waals surface area contributed by atoms with Gasteiger partial charge in [-0.15, -0.1) is 0 Å². The van der Waals surface area contributed by atoms with Crippen LogP contribution in [0.2, 0.25) is 0 Å². The maximum Gasteiger partial charge on any atom is 0.305 e. The SMILES string of the molecule is CCCC(=O)N(CCCN(CC)CC)CCC(=O)O. The van der Waals surface area contributed by atoms with Gasteiger partial charge >= 0.3 is 5.97 Å². The van der Waals surface area contributed by atoms with E-state index in [1.54, 1.807) is 4.90 Å². The first-order valence-corrected chi connectivity index (χ1v) is 7.27. The second kappa shape index (κ2) is 10.8. The maximum absolute atomic E-state index is 11.9. The summed E-state index contributed by atoms with van der Waals surface area (Å²) in [5.74, 6) is -0.777. The van der Waals surface area contributed by atoms with Gasteiger partial charge in [-0.2, -0.15) is 0 Å². The molecule has 0 aromatic rings. The molecule has 112 valence electrons. The predicted molar refractivity (Wildman–Crippen MR) is 76.1 cm³/mol. The number of carbonyl (C=O) groups excluding carboxylic acids is 1. The molecule has 0 aliphatic rings. The van der Waals surface area contributed by atoms with E-state index < -0.39 is 5.97 Å². The highest BCUT2D eigenvalue weighted by molar-refractivity contribution is 5.76. The molecule has 0 bridgehead atoms. The van der Waals surface area contributed by atoms with Crippen LogP contribution in [0.1, 0.15) is 46.5 Å². The Morgan fingerprint density at radius 2 is 1.58 bits per heavy atom. The normalized spacial score (nSPS) is 10.7. The zero-order valence-electron chi connectivity index (χ0n) is 12.5. The number of carboxylic acid groups (broad SMARTS) is 1. The molecule has 5 nitrogen and oxygen atoms in total. The van der Waals surface area contributed by atoms with Crippen molar-refractivity contribution in [1.82, 2.24) is 9.80 Å². The lowest BCUT2D eigenvalue weighted by atomic mass is 10.2. The molecular weight excluding hydrogens is 244 g/mol. The van der Waals surface area contributed by atoms with Crippen LogP contribution in [0.25, 0.3) is 0 Å². The quantitative estimate of drug-likeness (QED) is 0.623. The van der Waals surface area contributed by atoms with Gasteiger partial charge in [-0.1, -0.05) is 20.8 Å². The van der Waals surface area contributed by atoms with Gasteiger partial charge in [0.1, 0.15) is 0 Å². The van der Waals surface area contributed by atoms with Crippen molar-refractivity contribution >= 4 is 11.9 Å². The first kappa shape index (κ1) is 17.9. The van der Waals surface area contributed by atoms with Crippen molar-refractivity contribution < 1.29 is 14.7 Å². The molecule has 1 amide bonds. The highest BCUT2D eigenvalue weighted by Gasteiger charge is 2.13. The van der Waals surface area contributed by atoms with Crippen molar-refractivity contribution in [3.63, 3.8) is 0 Å². The number of rotatable bonds is 11. The summed E-state index contributed by atoms with van der Waals surface area (Å²) in [6, 6.07) is 0. The van der Waals surface area contributed by atoms with Gasteiger partial charge < -0.3 is 14.9 Å². The molecule has 0 aliphatic heterocycles. The van der Waals surface area contributed by atoms with Gasteiger partial charge in [-0.05, 0) is 32.5 Å². The van der Waals surface area contributed by atoms with Crippen molar-refractivity contribution in [2.24, 2.45) is 0 Å². The van der Waals surface area contributed by atoms with E-state index in [9.17, 15) is 9.59 Å². The first-order chi connectivity index (χ1) is 9.04. The lowest BCUT2D eigenvalue weighted by Crippen LogP contribution is -2.35. The Hall–Kier alpha value is -1.10. The number of carboxylic acids is 1. The van der Waals surface area contributed by atoms with E-state index in [2.05, 4.69) is 18.7 Å². The Labute approximate surface area is 116 Å². The fraction of sp³-hybridized carbons (Fsp3) is 0.857. The molecule has 5 heteroatoms. The van der Waals surface area contributed by atoms with Gasteiger partial charge in [0.25, 0.3) is 0 Å². The number of hydrogen-bond acceptors (Lipinski definition) is 3. The lowest BCUT2D eigenvalue weighted by molar-refractivity contribution is -0.138. The fourth-order valence-electron chi connectivity index (χ4n) is 1.99. The second-order valence-corrected chi connectivity index (χ2v) is 4.65.